The zero-order valence-corrected chi connectivity index (χ0v) is 13.0. The molecule has 1 saturated carbocycles. The Labute approximate surface area is 121 Å². The van der Waals surface area contributed by atoms with Crippen molar-refractivity contribution in [3.05, 3.63) is 0 Å². The van der Waals surface area contributed by atoms with Crippen molar-refractivity contribution in [1.29, 1.82) is 0 Å². The van der Waals surface area contributed by atoms with Crippen LogP contribution in [0.5, 0.6) is 0 Å². The van der Waals surface area contributed by atoms with Gasteiger partial charge in [0.05, 0.1) is 6.54 Å². The van der Waals surface area contributed by atoms with E-state index in [0.29, 0.717) is 19.1 Å². The molecule has 0 heterocycles. The Morgan fingerprint density at radius 1 is 1.10 bits per heavy atom. The Kier molecular flexibility index (Phi) is 6.79. The van der Waals surface area contributed by atoms with E-state index in [4.69, 9.17) is 0 Å². The Bertz CT molecular complexity index is 277. The van der Waals surface area contributed by atoms with E-state index in [2.05, 4.69) is 19.2 Å². The van der Waals surface area contributed by atoms with Crippen molar-refractivity contribution in [2.45, 2.75) is 65.1 Å². The van der Waals surface area contributed by atoms with E-state index in [9.17, 15) is 13.2 Å². The van der Waals surface area contributed by atoms with E-state index in [1.807, 2.05) is 6.92 Å². The van der Waals surface area contributed by atoms with E-state index in [0.717, 1.165) is 25.8 Å². The molecule has 0 saturated heterocycles. The van der Waals surface area contributed by atoms with E-state index >= 15 is 0 Å². The van der Waals surface area contributed by atoms with Gasteiger partial charge in [-0.15, -0.1) is 0 Å². The lowest BCUT2D eigenvalue weighted by Crippen LogP contribution is -2.46. The minimum absolute atomic E-state index is 0.0717. The summed E-state index contributed by atoms with van der Waals surface area (Å²) < 4.78 is 38.0. The van der Waals surface area contributed by atoms with Gasteiger partial charge in [-0.3, -0.25) is 4.90 Å². The third kappa shape index (κ3) is 7.48. The van der Waals surface area contributed by atoms with Gasteiger partial charge >= 0.3 is 6.18 Å². The lowest BCUT2D eigenvalue weighted by Gasteiger charge is -2.36. The van der Waals surface area contributed by atoms with Crippen LogP contribution in [0.4, 0.5) is 13.2 Å². The molecule has 0 aliphatic heterocycles. The van der Waals surface area contributed by atoms with Gasteiger partial charge in [-0.25, -0.2) is 0 Å². The highest BCUT2D eigenvalue weighted by Crippen LogP contribution is 2.28. The second-order valence-corrected chi connectivity index (χ2v) is 6.54. The maximum Gasteiger partial charge on any atom is 0.401 e. The van der Waals surface area contributed by atoms with Crippen LogP contribution in [0.25, 0.3) is 0 Å². The Morgan fingerprint density at radius 3 is 2.20 bits per heavy atom. The van der Waals surface area contributed by atoms with Crippen molar-refractivity contribution in [1.82, 2.24) is 10.2 Å². The Balaban J connectivity index is 2.56. The molecule has 0 amide bonds. The fourth-order valence-corrected chi connectivity index (χ4v) is 2.83. The molecule has 120 valence electrons. The van der Waals surface area contributed by atoms with Crippen LogP contribution in [-0.4, -0.2) is 43.3 Å². The second kappa shape index (κ2) is 7.64. The lowest BCUT2D eigenvalue weighted by molar-refractivity contribution is -0.149. The molecule has 2 nitrogen and oxygen atoms in total. The molecule has 0 spiro atoms. The van der Waals surface area contributed by atoms with E-state index in [1.54, 1.807) is 4.90 Å². The number of halogens is 3. The van der Waals surface area contributed by atoms with Gasteiger partial charge in [-0.2, -0.15) is 13.2 Å². The van der Waals surface area contributed by atoms with Gasteiger partial charge in [0.15, 0.2) is 0 Å². The Hall–Kier alpha value is -0.290. The molecule has 1 aliphatic carbocycles. The van der Waals surface area contributed by atoms with Crippen LogP contribution in [0.1, 0.15) is 52.9 Å². The number of hydrogen-bond donors (Lipinski definition) is 1. The van der Waals surface area contributed by atoms with Crippen LogP contribution >= 0.6 is 0 Å². The van der Waals surface area contributed by atoms with Crippen LogP contribution in [-0.2, 0) is 0 Å². The average Bonchev–Trinajstić information content (AvgIpc) is 3.08. The van der Waals surface area contributed by atoms with Crippen LogP contribution in [0.15, 0.2) is 0 Å². The predicted octanol–water partition coefficient (Wildman–Crippen LogP) is 3.82. The predicted molar refractivity (Wildman–Crippen MR) is 76.8 cm³/mol. The number of nitrogens with zero attached hydrogens (tertiary/aromatic N) is 1. The summed E-state index contributed by atoms with van der Waals surface area (Å²) in [6.07, 6.45) is 1.05. The summed E-state index contributed by atoms with van der Waals surface area (Å²) in [5.41, 5.74) is -0.0717. The largest absolute Gasteiger partial charge is 0.401 e. The van der Waals surface area contributed by atoms with Gasteiger partial charge in [0.25, 0.3) is 0 Å². The first-order chi connectivity index (χ1) is 9.28. The number of alkyl halides is 3. The molecule has 0 radical (unpaired) electrons. The first-order valence-electron chi connectivity index (χ1n) is 7.80. The van der Waals surface area contributed by atoms with Crippen molar-refractivity contribution < 1.29 is 13.2 Å². The van der Waals surface area contributed by atoms with Gasteiger partial charge in [-0.05, 0) is 37.6 Å². The maximum atomic E-state index is 12.7. The SMILES string of the molecule is CCCN(CC(F)(F)F)CC(C)(CCC)CNC1CC1. The quantitative estimate of drug-likeness (QED) is 0.659. The molecular formula is C15H29F3N2. The minimum atomic E-state index is -4.10. The molecule has 1 rings (SSSR count). The van der Waals surface area contributed by atoms with Crippen molar-refractivity contribution in [3.63, 3.8) is 0 Å². The van der Waals surface area contributed by atoms with Crippen LogP contribution in [0.2, 0.25) is 0 Å². The molecule has 20 heavy (non-hydrogen) atoms. The molecular weight excluding hydrogens is 265 g/mol. The number of rotatable bonds is 10. The zero-order chi connectivity index (χ0) is 15.2. The lowest BCUT2D eigenvalue weighted by atomic mass is 9.84. The normalized spacial score (nSPS) is 19.4. The van der Waals surface area contributed by atoms with Crippen LogP contribution in [0, 0.1) is 5.41 Å². The number of nitrogens with one attached hydrogen (secondary N) is 1. The van der Waals surface area contributed by atoms with E-state index in [1.165, 1.54) is 12.8 Å². The summed E-state index contributed by atoms with van der Waals surface area (Å²) in [6, 6.07) is 0.605. The van der Waals surface area contributed by atoms with Crippen molar-refractivity contribution in [2.75, 3.05) is 26.2 Å². The molecule has 1 atom stereocenters. The van der Waals surface area contributed by atoms with Gasteiger partial charge in [0, 0.05) is 19.1 Å². The maximum absolute atomic E-state index is 12.7. The van der Waals surface area contributed by atoms with Crippen molar-refractivity contribution in [3.8, 4) is 0 Å². The first-order valence-corrected chi connectivity index (χ1v) is 7.80. The fraction of sp³-hybridized carbons (Fsp3) is 1.00. The molecule has 1 aliphatic rings. The molecule has 1 N–H and O–H groups in total. The summed E-state index contributed by atoms with van der Waals surface area (Å²) >= 11 is 0. The van der Waals surface area contributed by atoms with Gasteiger partial charge in [0.1, 0.15) is 0 Å². The third-order valence-corrected chi connectivity index (χ3v) is 3.80. The smallest absolute Gasteiger partial charge is 0.313 e. The van der Waals surface area contributed by atoms with Gasteiger partial charge < -0.3 is 5.32 Å². The first kappa shape index (κ1) is 17.8. The minimum Gasteiger partial charge on any atom is -0.313 e. The number of hydrogen-bond acceptors (Lipinski definition) is 2. The molecule has 0 aromatic heterocycles. The van der Waals surface area contributed by atoms with Gasteiger partial charge in [-0.1, -0.05) is 27.2 Å². The summed E-state index contributed by atoms with van der Waals surface area (Å²) in [7, 11) is 0. The summed E-state index contributed by atoms with van der Waals surface area (Å²) in [5, 5.41) is 3.48. The van der Waals surface area contributed by atoms with Crippen molar-refractivity contribution in [2.24, 2.45) is 5.41 Å². The summed E-state index contributed by atoms with van der Waals surface area (Å²) in [6.45, 7) is 7.22. The zero-order valence-electron chi connectivity index (χ0n) is 13.0. The molecule has 0 bridgehead atoms. The highest BCUT2D eigenvalue weighted by atomic mass is 19.4. The molecule has 0 aromatic rings. The third-order valence-electron chi connectivity index (χ3n) is 3.80. The fourth-order valence-electron chi connectivity index (χ4n) is 2.83. The van der Waals surface area contributed by atoms with E-state index in [-0.39, 0.29) is 5.41 Å². The monoisotopic (exact) mass is 294 g/mol. The second-order valence-electron chi connectivity index (χ2n) is 6.54. The van der Waals surface area contributed by atoms with Crippen LogP contribution < -0.4 is 5.32 Å². The van der Waals surface area contributed by atoms with Crippen LogP contribution in [0.3, 0.4) is 0 Å². The molecule has 1 unspecified atom stereocenters. The van der Waals surface area contributed by atoms with Gasteiger partial charge in [0.2, 0.25) is 0 Å². The topological polar surface area (TPSA) is 15.3 Å². The average molecular weight is 294 g/mol. The highest BCUT2D eigenvalue weighted by Gasteiger charge is 2.35. The van der Waals surface area contributed by atoms with Crippen molar-refractivity contribution >= 4 is 0 Å². The molecule has 0 aromatic carbocycles. The highest BCUT2D eigenvalue weighted by molar-refractivity contribution is 4.87. The van der Waals surface area contributed by atoms with E-state index < -0.39 is 12.7 Å². The molecule has 1 fully saturated rings. The summed E-state index contributed by atoms with van der Waals surface area (Å²) in [4.78, 5) is 1.57. The Morgan fingerprint density at radius 2 is 1.75 bits per heavy atom. The summed E-state index contributed by atoms with van der Waals surface area (Å²) in [5.74, 6) is 0. The standard InChI is InChI=1S/C15H29F3N2/c1-4-8-14(3,10-19-13-6-7-13)11-20(9-5-2)12-15(16,17)18/h13,19H,4-12H2,1-3H3. The molecule has 5 heteroatoms.